The van der Waals surface area contributed by atoms with Crippen LogP contribution in [-0.4, -0.2) is 0 Å². The van der Waals surface area contributed by atoms with Gasteiger partial charge in [0, 0.05) is 0 Å². The molecule has 0 aliphatic heterocycles. The Bertz CT molecular complexity index is 19.1. The number of hydrogen-bond donors (Lipinski definition) is 0. The van der Waals surface area contributed by atoms with Crippen LogP contribution in [0.15, 0.2) is 0 Å². The van der Waals surface area contributed by atoms with Crippen LogP contribution >= 0.6 is 47.9 Å². The zero-order chi connectivity index (χ0) is 4.50. The standard InChI is InChI=1S/4BrH.Cd/h4*1H;/q;;;;+2/p-4. The first-order valence-electron chi connectivity index (χ1n) is 1.07. The summed E-state index contributed by atoms with van der Waals surface area (Å²) in [7, 11) is 0. The average Bonchev–Trinajstić information content (AvgIpc) is 0.722. The van der Waals surface area contributed by atoms with Gasteiger partial charge in [0.25, 0.3) is 0 Å². The molecule has 0 spiro atoms. The van der Waals surface area contributed by atoms with E-state index in [9.17, 15) is 0 Å². The summed E-state index contributed by atoms with van der Waals surface area (Å²) in [6.45, 7) is 0. The molecule has 0 rings (SSSR count). The molecule has 0 saturated carbocycles. The third kappa shape index (κ3) is 19.9. The van der Waals surface area contributed by atoms with E-state index in [1.807, 2.05) is 0 Å². The van der Waals surface area contributed by atoms with Crippen molar-refractivity contribution in [2.75, 3.05) is 0 Å². The third-order valence-electron chi connectivity index (χ3n) is 0. The van der Waals surface area contributed by atoms with Crippen molar-refractivity contribution in [3.05, 3.63) is 0 Å². The summed E-state index contributed by atoms with van der Waals surface area (Å²) in [5, 5.41) is 0. The molecule has 0 heterocycles. The van der Waals surface area contributed by atoms with Gasteiger partial charge in [-0.2, -0.15) is 0 Å². The van der Waals surface area contributed by atoms with Crippen molar-refractivity contribution in [2.45, 2.75) is 0 Å². The Morgan fingerprint density at radius 2 is 0.800 bits per heavy atom. The molecule has 0 unspecified atom stereocenters. The average molecular weight is 432 g/mol. The van der Waals surface area contributed by atoms with E-state index in [0.29, 0.717) is 0 Å². The van der Waals surface area contributed by atoms with Crippen molar-refractivity contribution in [1.29, 1.82) is 0 Å². The maximum absolute atomic E-state index is 3.36. The second kappa shape index (κ2) is 2.99. The fraction of sp³-hybridized carbons (Fsp3) is 0. The van der Waals surface area contributed by atoms with Gasteiger partial charge in [0.1, 0.15) is 0 Å². The predicted molar refractivity (Wildman–Crippen MR) is 35.7 cm³/mol. The zero-order valence-electron chi connectivity index (χ0n) is 2.22. The first kappa shape index (κ1) is 7.84. The summed E-state index contributed by atoms with van der Waals surface area (Å²) in [6.07, 6.45) is 0. The van der Waals surface area contributed by atoms with Crippen LogP contribution in [0.4, 0.5) is 0 Å². The molecule has 5 heavy (non-hydrogen) atoms. The summed E-state index contributed by atoms with van der Waals surface area (Å²) >= 11 is 11.3. The van der Waals surface area contributed by atoms with Gasteiger partial charge in [-0.25, -0.2) is 0 Å². The fourth-order valence-electron chi connectivity index (χ4n) is 0. The molecule has 0 aliphatic rings. The number of halogens is 4. The Morgan fingerprint density at radius 3 is 0.800 bits per heavy atom. The Balaban J connectivity index is 3.02. The second-order valence-electron chi connectivity index (χ2n) is 0.606. The minimum absolute atomic E-state index is 2.09. The molecule has 0 amide bonds. The van der Waals surface area contributed by atoms with E-state index in [1.54, 1.807) is 0 Å². The first-order chi connectivity index (χ1) is 2.00. The number of rotatable bonds is 0. The van der Waals surface area contributed by atoms with Gasteiger partial charge in [-0.3, -0.25) is 0 Å². The molecule has 0 radical (unpaired) electrons. The Labute approximate surface area is 58.0 Å². The van der Waals surface area contributed by atoms with E-state index in [0.717, 1.165) is 0 Å². The quantitative estimate of drug-likeness (QED) is 0.516. The van der Waals surface area contributed by atoms with Crippen molar-refractivity contribution in [3.63, 3.8) is 0 Å². The SMILES string of the molecule is [Br][Cd-2]([Br])([Br])[Br]. The van der Waals surface area contributed by atoms with E-state index in [-0.39, 0.29) is 0 Å². The molecule has 0 saturated heterocycles. The summed E-state index contributed by atoms with van der Waals surface area (Å²) in [5.41, 5.74) is 0. The van der Waals surface area contributed by atoms with Crippen LogP contribution in [0.1, 0.15) is 0 Å². The minimum atomic E-state index is -2.09. The van der Waals surface area contributed by atoms with Gasteiger partial charge < -0.3 is 0 Å². The van der Waals surface area contributed by atoms with Crippen LogP contribution in [0.5, 0.6) is 0 Å². The van der Waals surface area contributed by atoms with Crippen molar-refractivity contribution >= 4 is 47.9 Å². The first-order valence-corrected chi connectivity index (χ1v) is 37.3. The topological polar surface area (TPSA) is 0 Å². The second-order valence-corrected chi connectivity index (χ2v) is 110. The van der Waals surface area contributed by atoms with E-state index < -0.39 is 11.5 Å². The molecule has 32 valence electrons. The predicted octanol–water partition coefficient (Wildman–Crippen LogP) is 3.38. The van der Waals surface area contributed by atoms with Crippen LogP contribution < -0.4 is 0 Å². The molecule has 0 fully saturated rings. The molecular formula is Br4Cd-2. The van der Waals surface area contributed by atoms with Crippen molar-refractivity contribution < 1.29 is 11.5 Å². The fourth-order valence-corrected chi connectivity index (χ4v) is 0. The van der Waals surface area contributed by atoms with Crippen molar-refractivity contribution in [1.82, 2.24) is 0 Å². The summed E-state index contributed by atoms with van der Waals surface area (Å²) in [4.78, 5) is 0. The molecule has 0 N–H and O–H groups in total. The normalized spacial score (nSPS) is 12.0. The zero-order valence-corrected chi connectivity index (χ0v) is 12.6. The van der Waals surface area contributed by atoms with E-state index in [4.69, 9.17) is 0 Å². The Kier molecular flexibility index (Phi) is 4.68. The molecule has 0 aromatic rings. The molecule has 0 aromatic heterocycles. The van der Waals surface area contributed by atoms with Gasteiger partial charge in [-0.1, -0.05) is 0 Å². The maximum atomic E-state index is 3.36. The Hall–Kier alpha value is 2.84. The molecule has 0 aliphatic carbocycles. The van der Waals surface area contributed by atoms with Gasteiger partial charge in [-0.05, 0) is 0 Å². The van der Waals surface area contributed by atoms with Gasteiger partial charge >= 0.3 is 59.5 Å². The third-order valence-corrected chi connectivity index (χ3v) is 0. The van der Waals surface area contributed by atoms with Gasteiger partial charge in [-0.15, -0.1) is 0 Å². The molecule has 0 nitrogen and oxygen atoms in total. The monoisotopic (exact) mass is 430 g/mol. The Morgan fingerprint density at radius 1 is 0.800 bits per heavy atom. The van der Waals surface area contributed by atoms with E-state index >= 15 is 0 Å². The summed E-state index contributed by atoms with van der Waals surface area (Å²) in [5.74, 6) is 0. The molecular weight excluding hydrogens is 432 g/mol. The summed E-state index contributed by atoms with van der Waals surface area (Å²) in [6, 6.07) is 0. The summed E-state index contributed by atoms with van der Waals surface area (Å²) < 4.78 is 0. The number of hydrogen-bond acceptors (Lipinski definition) is 0. The van der Waals surface area contributed by atoms with E-state index in [2.05, 4.69) is 47.9 Å². The van der Waals surface area contributed by atoms with Gasteiger partial charge in [0.15, 0.2) is 0 Å². The van der Waals surface area contributed by atoms with Crippen LogP contribution in [0.2, 0.25) is 0 Å². The van der Waals surface area contributed by atoms with Crippen LogP contribution in [0.25, 0.3) is 0 Å². The van der Waals surface area contributed by atoms with Crippen molar-refractivity contribution in [2.24, 2.45) is 0 Å². The molecule has 0 aromatic carbocycles. The van der Waals surface area contributed by atoms with Gasteiger partial charge in [0.2, 0.25) is 0 Å². The van der Waals surface area contributed by atoms with Crippen LogP contribution in [-0.2, 0) is 11.5 Å². The van der Waals surface area contributed by atoms with Crippen molar-refractivity contribution in [3.8, 4) is 0 Å². The van der Waals surface area contributed by atoms with Crippen LogP contribution in [0, 0.1) is 0 Å². The van der Waals surface area contributed by atoms with E-state index in [1.165, 1.54) is 0 Å². The molecule has 0 bridgehead atoms. The molecule has 0 atom stereocenters. The van der Waals surface area contributed by atoms with Gasteiger partial charge in [0.05, 0.1) is 0 Å². The van der Waals surface area contributed by atoms with Crippen LogP contribution in [0.3, 0.4) is 0 Å². The molecule has 5 heteroatoms.